The predicted octanol–water partition coefficient (Wildman–Crippen LogP) is -0.133. The number of para-hydroxylation sites is 1. The molecule has 0 aliphatic carbocycles. The maximum atomic E-state index is 10.6. The van der Waals surface area contributed by atoms with Crippen LogP contribution >= 0.6 is 12.4 Å². The third kappa shape index (κ3) is 8.03. The fourth-order valence-electron chi connectivity index (χ4n) is 1.56. The topological polar surface area (TPSA) is 218 Å². The minimum absolute atomic E-state index is 0. The molecule has 0 saturated heterocycles. The molecule has 1 aromatic rings. The molecule has 0 atom stereocenters. The molecule has 1 amide bonds. The molecular weight excluding hydrogens is 380 g/mol. The van der Waals surface area contributed by atoms with Gasteiger partial charge in [-0.15, -0.1) is 12.4 Å². The lowest BCUT2D eigenvalue weighted by Crippen LogP contribution is -2.42. The molecule has 6 N–H and O–H groups in total. The van der Waals surface area contributed by atoms with Gasteiger partial charge in [0.25, 0.3) is 11.6 Å². The molecular formula is C13H15ClN2O10. The van der Waals surface area contributed by atoms with E-state index in [0.29, 0.717) is 0 Å². The number of nitrogens with zero attached hydrogens (tertiary/aromatic N) is 1. The van der Waals surface area contributed by atoms with Crippen LogP contribution in [0.2, 0.25) is 0 Å². The molecule has 26 heavy (non-hydrogen) atoms. The number of hydrogen-bond donors (Lipinski definition) is 5. The minimum atomic E-state index is -2.74. The van der Waals surface area contributed by atoms with Crippen molar-refractivity contribution in [2.45, 2.75) is 18.4 Å². The molecule has 0 radical (unpaired) electrons. The zero-order valence-corrected chi connectivity index (χ0v) is 13.7. The largest absolute Gasteiger partial charge is 0.481 e. The van der Waals surface area contributed by atoms with Gasteiger partial charge in [0.2, 0.25) is 0 Å². The highest BCUT2D eigenvalue weighted by atomic mass is 35.5. The van der Waals surface area contributed by atoms with E-state index in [1.807, 2.05) is 0 Å². The number of carbonyl (C=O) groups excluding carboxylic acids is 1. The predicted molar refractivity (Wildman–Crippen MR) is 86.0 cm³/mol. The Hall–Kier alpha value is -3.25. The minimum Gasteiger partial charge on any atom is -0.481 e. The van der Waals surface area contributed by atoms with Crippen LogP contribution < -0.4 is 5.73 Å². The quantitative estimate of drug-likeness (QED) is 0.304. The molecule has 1 rings (SSSR count). The molecule has 13 heteroatoms. The summed E-state index contributed by atoms with van der Waals surface area (Å²) < 4.78 is 0. The van der Waals surface area contributed by atoms with Crippen molar-refractivity contribution < 1.29 is 44.5 Å². The van der Waals surface area contributed by atoms with E-state index >= 15 is 0 Å². The lowest BCUT2D eigenvalue weighted by atomic mass is 9.96. The molecule has 144 valence electrons. The van der Waals surface area contributed by atoms with Crippen molar-refractivity contribution in [3.05, 3.63) is 39.9 Å². The second-order valence-electron chi connectivity index (χ2n) is 4.62. The number of hydrogen-bond acceptors (Lipinski definition) is 7. The first-order valence-electron chi connectivity index (χ1n) is 6.33. The lowest BCUT2D eigenvalue weighted by molar-refractivity contribution is -0.385. The Bertz CT molecular complexity index is 657. The first-order valence-corrected chi connectivity index (χ1v) is 6.33. The van der Waals surface area contributed by atoms with Crippen LogP contribution in [0.4, 0.5) is 5.69 Å². The molecule has 0 aliphatic rings. The number of primary amides is 1. The number of carboxylic acid groups (broad SMARTS) is 3. The normalized spacial score (nSPS) is 9.73. The summed E-state index contributed by atoms with van der Waals surface area (Å²) in [5.74, 6) is -5.81. The third-order valence-corrected chi connectivity index (χ3v) is 2.65. The van der Waals surface area contributed by atoms with E-state index in [0.717, 1.165) is 0 Å². The Morgan fingerprint density at radius 3 is 1.73 bits per heavy atom. The SMILES string of the molecule is Cl.NC(=O)c1ccccc1[N+](=O)[O-].O=C(O)CC(O)(CC(=O)O)C(=O)O. The highest BCUT2D eigenvalue weighted by Crippen LogP contribution is 2.16. The molecule has 0 spiro atoms. The summed E-state index contributed by atoms with van der Waals surface area (Å²) in [6.45, 7) is 0. The second kappa shape index (κ2) is 10.6. The Labute approximate surface area is 151 Å². The number of amides is 1. The first-order chi connectivity index (χ1) is 11.4. The number of benzene rings is 1. The van der Waals surface area contributed by atoms with Crippen molar-refractivity contribution in [3.8, 4) is 0 Å². The molecule has 12 nitrogen and oxygen atoms in total. The third-order valence-electron chi connectivity index (χ3n) is 2.65. The Balaban J connectivity index is 0. The van der Waals surface area contributed by atoms with E-state index in [2.05, 4.69) is 0 Å². The maximum Gasteiger partial charge on any atom is 0.336 e. The molecule has 0 saturated carbocycles. The maximum absolute atomic E-state index is 10.6. The van der Waals surface area contributed by atoms with Gasteiger partial charge in [-0.1, -0.05) is 12.1 Å². The van der Waals surface area contributed by atoms with Gasteiger partial charge in [0, 0.05) is 6.07 Å². The van der Waals surface area contributed by atoms with Gasteiger partial charge in [-0.3, -0.25) is 24.5 Å². The van der Waals surface area contributed by atoms with E-state index in [1.54, 1.807) is 0 Å². The van der Waals surface area contributed by atoms with Gasteiger partial charge < -0.3 is 26.2 Å². The summed E-state index contributed by atoms with van der Waals surface area (Å²) in [5, 5.41) is 44.1. The molecule has 0 fully saturated rings. The molecule has 1 aromatic carbocycles. The van der Waals surface area contributed by atoms with E-state index in [4.69, 9.17) is 26.2 Å². The Morgan fingerprint density at radius 2 is 1.46 bits per heavy atom. The van der Waals surface area contributed by atoms with Crippen molar-refractivity contribution >= 4 is 41.9 Å². The van der Waals surface area contributed by atoms with Crippen LogP contribution in [0.3, 0.4) is 0 Å². The average molecular weight is 395 g/mol. The van der Waals surface area contributed by atoms with Crippen LogP contribution in [0, 0.1) is 10.1 Å². The van der Waals surface area contributed by atoms with Crippen molar-refractivity contribution in [1.29, 1.82) is 0 Å². The van der Waals surface area contributed by atoms with E-state index < -0.39 is 47.2 Å². The fraction of sp³-hybridized carbons (Fsp3) is 0.231. The van der Waals surface area contributed by atoms with Crippen LogP contribution in [0.25, 0.3) is 0 Å². The van der Waals surface area contributed by atoms with Gasteiger partial charge in [-0.2, -0.15) is 0 Å². The number of nitrogens with two attached hydrogens (primary N) is 1. The second-order valence-corrected chi connectivity index (χ2v) is 4.62. The summed E-state index contributed by atoms with van der Waals surface area (Å²) in [4.78, 5) is 50.8. The number of carboxylic acids is 3. The molecule has 0 aromatic heterocycles. The number of nitro groups is 1. The van der Waals surface area contributed by atoms with Crippen LogP contribution in [0.1, 0.15) is 23.2 Å². The van der Waals surface area contributed by atoms with Gasteiger partial charge in [0.1, 0.15) is 5.56 Å². The Kier molecular flexibility index (Phi) is 10.2. The number of nitro benzene ring substituents is 1. The van der Waals surface area contributed by atoms with Gasteiger partial charge in [-0.25, -0.2) is 4.79 Å². The summed E-state index contributed by atoms with van der Waals surface area (Å²) in [6.07, 6.45) is -2.29. The standard InChI is InChI=1S/C7H6N2O3.C6H8O7.ClH/c8-7(10)5-3-1-2-4-6(5)9(11)12;7-3(8)1-6(13,5(11)12)2-4(9)10;/h1-4H,(H2,8,10);13H,1-2H2,(H,7,8)(H,9,10)(H,11,12);1H. The number of aliphatic carboxylic acids is 3. The van der Waals surface area contributed by atoms with Gasteiger partial charge >= 0.3 is 17.9 Å². The average Bonchev–Trinajstić information content (AvgIpc) is 2.45. The number of aliphatic hydroxyl groups is 1. The van der Waals surface area contributed by atoms with Crippen molar-refractivity contribution in [3.63, 3.8) is 0 Å². The summed E-state index contributed by atoms with van der Waals surface area (Å²) >= 11 is 0. The first kappa shape index (κ1) is 25.0. The van der Waals surface area contributed by atoms with E-state index in [9.17, 15) is 29.3 Å². The van der Waals surface area contributed by atoms with Crippen LogP contribution in [0.15, 0.2) is 24.3 Å². The Morgan fingerprint density at radius 1 is 1.04 bits per heavy atom. The van der Waals surface area contributed by atoms with Gasteiger partial charge in [0.15, 0.2) is 5.60 Å². The summed E-state index contributed by atoms with van der Waals surface area (Å²) in [6, 6.07) is 5.55. The van der Waals surface area contributed by atoms with Crippen molar-refractivity contribution in [2.24, 2.45) is 5.73 Å². The van der Waals surface area contributed by atoms with Crippen molar-refractivity contribution in [2.75, 3.05) is 0 Å². The monoisotopic (exact) mass is 394 g/mol. The fourth-order valence-corrected chi connectivity index (χ4v) is 1.56. The lowest BCUT2D eigenvalue weighted by Gasteiger charge is -2.18. The zero-order chi connectivity index (χ0) is 19.8. The van der Waals surface area contributed by atoms with Crippen LogP contribution in [0.5, 0.6) is 0 Å². The van der Waals surface area contributed by atoms with E-state index in [-0.39, 0.29) is 23.7 Å². The van der Waals surface area contributed by atoms with Crippen LogP contribution in [-0.2, 0) is 14.4 Å². The molecule has 0 heterocycles. The highest BCUT2D eigenvalue weighted by Gasteiger charge is 2.40. The van der Waals surface area contributed by atoms with Gasteiger partial charge in [0.05, 0.1) is 17.8 Å². The highest BCUT2D eigenvalue weighted by molar-refractivity contribution is 5.96. The molecule has 0 aliphatic heterocycles. The van der Waals surface area contributed by atoms with E-state index in [1.165, 1.54) is 24.3 Å². The van der Waals surface area contributed by atoms with Gasteiger partial charge in [-0.05, 0) is 6.07 Å². The molecule has 0 bridgehead atoms. The number of halogens is 1. The zero-order valence-electron chi connectivity index (χ0n) is 12.9. The molecule has 0 unspecified atom stereocenters. The number of rotatable bonds is 7. The summed E-state index contributed by atoms with van der Waals surface area (Å²) in [7, 11) is 0. The summed E-state index contributed by atoms with van der Waals surface area (Å²) in [5.41, 5.74) is 1.84. The number of carbonyl (C=O) groups is 4. The smallest absolute Gasteiger partial charge is 0.336 e. The van der Waals surface area contributed by atoms with Crippen molar-refractivity contribution in [1.82, 2.24) is 0 Å². The van der Waals surface area contributed by atoms with Crippen LogP contribution in [-0.4, -0.2) is 54.8 Å².